The molecule has 4 rings (SSSR count). The van der Waals surface area contributed by atoms with Gasteiger partial charge >= 0.3 is 0 Å². The van der Waals surface area contributed by atoms with Gasteiger partial charge in [-0.2, -0.15) is 0 Å². The molecule has 4 nitrogen and oxygen atoms in total. The lowest BCUT2D eigenvalue weighted by Crippen LogP contribution is -2.61. The fourth-order valence-corrected chi connectivity index (χ4v) is 4.11. The highest BCUT2D eigenvalue weighted by molar-refractivity contribution is 5.37. The highest BCUT2D eigenvalue weighted by Gasteiger charge is 2.72. The van der Waals surface area contributed by atoms with E-state index in [-0.39, 0.29) is 11.7 Å². The van der Waals surface area contributed by atoms with Crippen LogP contribution in [-0.4, -0.2) is 30.9 Å². The van der Waals surface area contributed by atoms with E-state index in [9.17, 15) is 0 Å². The molecule has 0 aromatic rings. The fraction of sp³-hybridized carbons (Fsp3) is 0.714. The standard InChI is InChI=1S/C14H18O4/c1-10-3-4-14(16-7-8-17-14)12(2)9-11-15-6-5-13(10,12)18-11/h5-6,11H,1,3-4,7-9H2,2H3/t11-,12+,13+/m1/s1. The Hall–Kier alpha value is -0.840. The van der Waals surface area contributed by atoms with Crippen LogP contribution >= 0.6 is 0 Å². The minimum atomic E-state index is -0.541. The molecule has 3 fully saturated rings. The molecule has 18 heavy (non-hydrogen) atoms. The number of hydrogen-bond acceptors (Lipinski definition) is 4. The molecule has 3 heterocycles. The molecule has 4 aliphatic rings. The molecule has 0 radical (unpaired) electrons. The van der Waals surface area contributed by atoms with Crippen LogP contribution in [0.25, 0.3) is 0 Å². The van der Waals surface area contributed by atoms with Gasteiger partial charge in [-0.25, -0.2) is 0 Å². The Labute approximate surface area is 107 Å². The zero-order chi connectivity index (χ0) is 12.4. The Morgan fingerprint density at radius 2 is 2.11 bits per heavy atom. The van der Waals surface area contributed by atoms with Crippen LogP contribution in [0.2, 0.25) is 0 Å². The first-order valence-electron chi connectivity index (χ1n) is 6.59. The first-order valence-corrected chi connectivity index (χ1v) is 6.59. The third-order valence-electron chi connectivity index (χ3n) is 5.12. The van der Waals surface area contributed by atoms with Gasteiger partial charge in [0.1, 0.15) is 5.60 Å². The van der Waals surface area contributed by atoms with Crippen LogP contribution in [-0.2, 0) is 18.9 Å². The van der Waals surface area contributed by atoms with Crippen molar-refractivity contribution < 1.29 is 18.9 Å². The molecule has 0 amide bonds. The lowest BCUT2D eigenvalue weighted by Gasteiger charge is -2.54. The maximum absolute atomic E-state index is 6.12. The van der Waals surface area contributed by atoms with Gasteiger partial charge in [0.15, 0.2) is 5.79 Å². The van der Waals surface area contributed by atoms with Crippen LogP contribution in [0.4, 0.5) is 0 Å². The molecule has 2 bridgehead atoms. The molecule has 2 spiro atoms. The summed E-state index contributed by atoms with van der Waals surface area (Å²) in [5.41, 5.74) is 0.360. The summed E-state index contributed by atoms with van der Waals surface area (Å²) in [6, 6.07) is 0. The minimum absolute atomic E-state index is 0.209. The molecule has 1 saturated carbocycles. The molecule has 2 saturated heterocycles. The SMILES string of the molecule is C=C1CCC2(OCCO2)[C@@]2(C)C[C@@H]3OC=C[C@]12O3. The Morgan fingerprint density at radius 3 is 2.89 bits per heavy atom. The first-order chi connectivity index (χ1) is 8.62. The van der Waals surface area contributed by atoms with Gasteiger partial charge in [0.05, 0.1) is 24.9 Å². The highest BCUT2D eigenvalue weighted by Crippen LogP contribution is 2.65. The zero-order valence-corrected chi connectivity index (χ0v) is 10.6. The van der Waals surface area contributed by atoms with Gasteiger partial charge in [0.2, 0.25) is 6.29 Å². The Morgan fingerprint density at radius 1 is 1.33 bits per heavy atom. The van der Waals surface area contributed by atoms with E-state index < -0.39 is 11.4 Å². The van der Waals surface area contributed by atoms with E-state index in [1.807, 2.05) is 6.08 Å². The van der Waals surface area contributed by atoms with E-state index in [4.69, 9.17) is 18.9 Å². The Bertz CT molecular complexity index is 437. The lowest BCUT2D eigenvalue weighted by atomic mass is 9.58. The van der Waals surface area contributed by atoms with Crippen LogP contribution in [0.1, 0.15) is 26.2 Å². The lowest BCUT2D eigenvalue weighted by molar-refractivity contribution is -0.270. The second kappa shape index (κ2) is 3.18. The smallest absolute Gasteiger partial charge is 0.201 e. The second-order valence-electron chi connectivity index (χ2n) is 5.81. The van der Waals surface area contributed by atoms with Crippen molar-refractivity contribution in [2.75, 3.05) is 13.2 Å². The number of rotatable bonds is 0. The molecule has 0 aromatic heterocycles. The first kappa shape index (κ1) is 11.0. The second-order valence-corrected chi connectivity index (χ2v) is 5.81. The topological polar surface area (TPSA) is 36.9 Å². The van der Waals surface area contributed by atoms with Gasteiger partial charge in [-0.05, 0) is 18.1 Å². The maximum atomic E-state index is 6.12. The fourth-order valence-electron chi connectivity index (χ4n) is 4.11. The van der Waals surface area contributed by atoms with Crippen molar-refractivity contribution in [3.8, 4) is 0 Å². The van der Waals surface area contributed by atoms with Crippen LogP contribution < -0.4 is 0 Å². The summed E-state index contributed by atoms with van der Waals surface area (Å²) < 4.78 is 23.7. The largest absolute Gasteiger partial charge is 0.473 e. The van der Waals surface area contributed by atoms with E-state index in [0.29, 0.717) is 13.2 Å². The summed E-state index contributed by atoms with van der Waals surface area (Å²) in [7, 11) is 0. The van der Waals surface area contributed by atoms with Crippen LogP contribution in [0, 0.1) is 5.41 Å². The van der Waals surface area contributed by atoms with Crippen molar-refractivity contribution >= 4 is 0 Å². The van der Waals surface area contributed by atoms with Crippen LogP contribution in [0.5, 0.6) is 0 Å². The molecular weight excluding hydrogens is 232 g/mol. The summed E-state index contributed by atoms with van der Waals surface area (Å²) in [5.74, 6) is -0.541. The molecular formula is C14H18O4. The predicted octanol–water partition coefficient (Wildman–Crippen LogP) is 2.11. The monoisotopic (exact) mass is 250 g/mol. The summed E-state index contributed by atoms with van der Waals surface area (Å²) >= 11 is 0. The third-order valence-corrected chi connectivity index (χ3v) is 5.12. The predicted molar refractivity (Wildman–Crippen MR) is 63.6 cm³/mol. The molecule has 0 unspecified atom stereocenters. The van der Waals surface area contributed by atoms with Gasteiger partial charge < -0.3 is 18.9 Å². The van der Waals surface area contributed by atoms with Gasteiger partial charge in [0.25, 0.3) is 0 Å². The van der Waals surface area contributed by atoms with Crippen molar-refractivity contribution in [1.29, 1.82) is 0 Å². The van der Waals surface area contributed by atoms with Crippen LogP contribution in [0.3, 0.4) is 0 Å². The Kier molecular flexibility index (Phi) is 1.95. The normalized spacial score (nSPS) is 48.3. The molecule has 0 N–H and O–H groups in total. The maximum Gasteiger partial charge on any atom is 0.201 e. The average molecular weight is 250 g/mol. The van der Waals surface area contributed by atoms with E-state index in [2.05, 4.69) is 13.5 Å². The van der Waals surface area contributed by atoms with Gasteiger partial charge in [-0.3, -0.25) is 0 Å². The quantitative estimate of drug-likeness (QED) is 0.617. The number of ether oxygens (including phenoxy) is 4. The summed E-state index contributed by atoms with van der Waals surface area (Å²) in [5, 5.41) is 0. The van der Waals surface area contributed by atoms with Crippen molar-refractivity contribution in [3.05, 3.63) is 24.5 Å². The molecule has 1 aliphatic carbocycles. The van der Waals surface area contributed by atoms with Gasteiger partial charge in [0, 0.05) is 12.8 Å². The Balaban J connectivity index is 1.89. The van der Waals surface area contributed by atoms with Crippen molar-refractivity contribution in [2.45, 2.75) is 43.9 Å². The average Bonchev–Trinajstić information content (AvgIpc) is 2.91. The van der Waals surface area contributed by atoms with Crippen LogP contribution in [0.15, 0.2) is 24.5 Å². The van der Waals surface area contributed by atoms with Crippen molar-refractivity contribution in [1.82, 2.24) is 0 Å². The van der Waals surface area contributed by atoms with Gasteiger partial charge in [-0.15, -0.1) is 0 Å². The number of hydrogen-bond donors (Lipinski definition) is 0. The van der Waals surface area contributed by atoms with E-state index in [1.54, 1.807) is 6.26 Å². The molecule has 3 aliphatic heterocycles. The highest BCUT2D eigenvalue weighted by atomic mass is 16.7. The van der Waals surface area contributed by atoms with Gasteiger partial charge in [-0.1, -0.05) is 13.5 Å². The molecule has 3 atom stereocenters. The zero-order valence-electron chi connectivity index (χ0n) is 10.6. The number of fused-ring (bicyclic) bond motifs is 2. The van der Waals surface area contributed by atoms with Crippen molar-refractivity contribution in [2.24, 2.45) is 5.41 Å². The van der Waals surface area contributed by atoms with E-state index in [1.165, 1.54) is 0 Å². The van der Waals surface area contributed by atoms with Crippen molar-refractivity contribution in [3.63, 3.8) is 0 Å². The third kappa shape index (κ3) is 0.999. The summed E-state index contributed by atoms with van der Waals surface area (Å²) in [6.45, 7) is 7.73. The molecule has 0 aromatic carbocycles. The molecule has 98 valence electrons. The minimum Gasteiger partial charge on any atom is -0.473 e. The summed E-state index contributed by atoms with van der Waals surface area (Å²) in [6.07, 6.45) is 6.03. The van der Waals surface area contributed by atoms with E-state index in [0.717, 1.165) is 24.8 Å². The van der Waals surface area contributed by atoms with E-state index >= 15 is 0 Å². The summed E-state index contributed by atoms with van der Waals surface area (Å²) in [4.78, 5) is 0. The molecule has 4 heteroatoms.